The molecule has 1 amide bonds. The minimum absolute atomic E-state index is 0.0164. The van der Waals surface area contributed by atoms with E-state index < -0.39 is 50.0 Å². The number of aliphatic hydroxyl groups is 1. The van der Waals surface area contributed by atoms with E-state index in [0.29, 0.717) is 22.4 Å². The number of anilines is 1. The van der Waals surface area contributed by atoms with Crippen LogP contribution in [0, 0.1) is 13.8 Å². The third-order valence-corrected chi connectivity index (χ3v) is 9.81. The van der Waals surface area contributed by atoms with Gasteiger partial charge in [0.1, 0.15) is 44.5 Å². The fourth-order valence-corrected chi connectivity index (χ4v) is 7.24. The second kappa shape index (κ2) is 11.3. The third-order valence-electron chi connectivity index (χ3n) is 7.93. The average molecular weight is 653 g/mol. The van der Waals surface area contributed by atoms with E-state index in [1.165, 1.54) is 32.2 Å². The van der Waals surface area contributed by atoms with Gasteiger partial charge in [0.25, 0.3) is 15.9 Å². The number of carbonyl (C=O) groups excluding carboxylic acids is 3. The first-order valence-electron chi connectivity index (χ1n) is 13.6. The van der Waals surface area contributed by atoms with E-state index in [1.54, 1.807) is 38.1 Å². The maximum Gasteiger partial charge on any atom is 0.263 e. The summed E-state index contributed by atoms with van der Waals surface area (Å²) in [5.41, 5.74) is 0.0885. The molecule has 0 spiro atoms. The van der Waals surface area contributed by atoms with Gasteiger partial charge in [-0.15, -0.1) is 0 Å². The Labute approximate surface area is 264 Å². The largest absolute Gasteiger partial charge is 0.507 e. The molecule has 0 saturated carbocycles. The smallest absolute Gasteiger partial charge is 0.263 e. The average Bonchev–Trinajstić information content (AvgIpc) is 3.25. The van der Waals surface area contributed by atoms with Crippen LogP contribution in [0.3, 0.4) is 0 Å². The SMILES string of the molecule is COc1cc(O)c2c(c1C(=O)NCc1c(C)cc(NS(=O)(=O)c3ccccc3Cl)cc1C)OC1=CC(O)=C(C(C)=O)C(=O)[C@]12C. The number of nitrogens with one attached hydrogen (secondary N) is 2. The van der Waals surface area contributed by atoms with E-state index in [1.807, 2.05) is 0 Å². The summed E-state index contributed by atoms with van der Waals surface area (Å²) < 4.78 is 39.7. The van der Waals surface area contributed by atoms with Gasteiger partial charge in [-0.3, -0.25) is 19.1 Å². The van der Waals surface area contributed by atoms with E-state index in [-0.39, 0.29) is 44.8 Å². The van der Waals surface area contributed by atoms with Gasteiger partial charge in [-0.1, -0.05) is 23.7 Å². The fraction of sp³-hybridized carbons (Fsp3) is 0.219. The number of allylic oxidation sites excluding steroid dienone is 3. The molecule has 13 heteroatoms. The van der Waals surface area contributed by atoms with Gasteiger partial charge in [-0.2, -0.15) is 0 Å². The summed E-state index contributed by atoms with van der Waals surface area (Å²) in [7, 11) is -2.67. The van der Waals surface area contributed by atoms with Crippen molar-refractivity contribution in [3.8, 4) is 17.2 Å². The Morgan fingerprint density at radius 1 is 1.09 bits per heavy atom. The van der Waals surface area contributed by atoms with E-state index in [0.717, 1.165) is 13.0 Å². The molecule has 4 N–H and O–H groups in total. The molecule has 2 aliphatic rings. The maximum atomic E-state index is 13.7. The van der Waals surface area contributed by atoms with Crippen LogP contribution < -0.4 is 19.5 Å². The van der Waals surface area contributed by atoms with Gasteiger partial charge in [-0.25, -0.2) is 8.42 Å². The molecular weight excluding hydrogens is 624 g/mol. The lowest BCUT2D eigenvalue weighted by Crippen LogP contribution is -2.38. The molecule has 45 heavy (non-hydrogen) atoms. The molecule has 3 aromatic rings. The number of ether oxygens (including phenoxy) is 2. The molecule has 3 aromatic carbocycles. The lowest BCUT2D eigenvalue weighted by atomic mass is 9.71. The molecule has 0 fully saturated rings. The first-order chi connectivity index (χ1) is 21.1. The lowest BCUT2D eigenvalue weighted by molar-refractivity contribution is -0.123. The predicted octanol–water partition coefficient (Wildman–Crippen LogP) is 4.92. The topological polar surface area (TPSA) is 168 Å². The number of halogens is 1. The number of phenols is 1. The van der Waals surface area contributed by atoms with Crippen molar-refractivity contribution in [2.24, 2.45) is 0 Å². The van der Waals surface area contributed by atoms with Crippen molar-refractivity contribution >= 4 is 44.8 Å². The zero-order chi connectivity index (χ0) is 33.0. The van der Waals surface area contributed by atoms with Crippen molar-refractivity contribution in [2.45, 2.75) is 44.6 Å². The van der Waals surface area contributed by atoms with E-state index in [4.69, 9.17) is 21.1 Å². The van der Waals surface area contributed by atoms with Gasteiger partial charge >= 0.3 is 0 Å². The van der Waals surface area contributed by atoms with Crippen LogP contribution in [-0.2, 0) is 31.6 Å². The number of ketones is 2. The second-order valence-corrected chi connectivity index (χ2v) is 12.9. The van der Waals surface area contributed by atoms with Crippen LogP contribution in [0.25, 0.3) is 0 Å². The number of aliphatic hydroxyl groups excluding tert-OH is 1. The number of aromatic hydroxyl groups is 1. The van der Waals surface area contributed by atoms with Gasteiger partial charge in [-0.05, 0) is 68.7 Å². The Hall–Kier alpha value is -4.81. The van der Waals surface area contributed by atoms with Crippen LogP contribution in [-0.4, -0.2) is 43.2 Å². The molecule has 1 aliphatic heterocycles. The summed E-state index contributed by atoms with van der Waals surface area (Å²) in [6.45, 7) is 6.12. The Balaban J connectivity index is 1.45. The number of benzene rings is 3. The van der Waals surface area contributed by atoms with Crippen LogP contribution in [0.4, 0.5) is 5.69 Å². The summed E-state index contributed by atoms with van der Waals surface area (Å²) in [5, 5.41) is 24.2. The van der Waals surface area contributed by atoms with Gasteiger partial charge < -0.3 is 25.0 Å². The molecule has 0 unspecified atom stereocenters. The highest BCUT2D eigenvalue weighted by Crippen LogP contribution is 2.56. The highest BCUT2D eigenvalue weighted by atomic mass is 35.5. The molecule has 11 nitrogen and oxygen atoms in total. The Kier molecular flexibility index (Phi) is 7.92. The summed E-state index contributed by atoms with van der Waals surface area (Å²) in [6.07, 6.45) is 1.12. The number of aryl methyl sites for hydroxylation is 2. The quantitative estimate of drug-likeness (QED) is 0.247. The number of Topliss-reactive ketones (excluding diaryl/α,β-unsaturated/α-hetero) is 2. The zero-order valence-electron chi connectivity index (χ0n) is 24.9. The van der Waals surface area contributed by atoms with Crippen molar-refractivity contribution in [3.05, 3.63) is 98.5 Å². The summed E-state index contributed by atoms with van der Waals surface area (Å²) in [5.74, 6) is -3.34. The van der Waals surface area contributed by atoms with Gasteiger partial charge in [0.05, 0.1) is 17.7 Å². The monoisotopic (exact) mass is 652 g/mol. The molecule has 5 rings (SSSR count). The molecule has 234 valence electrons. The highest BCUT2D eigenvalue weighted by Gasteiger charge is 2.55. The lowest BCUT2D eigenvalue weighted by Gasteiger charge is -2.27. The van der Waals surface area contributed by atoms with Gasteiger partial charge in [0.2, 0.25) is 0 Å². The van der Waals surface area contributed by atoms with Crippen LogP contribution in [0.15, 0.2) is 70.5 Å². The number of hydrogen-bond donors (Lipinski definition) is 4. The number of phenolic OH excluding ortho intramolecular Hbond substituents is 1. The molecular formula is C32H29ClN2O9S. The van der Waals surface area contributed by atoms with E-state index in [9.17, 15) is 33.0 Å². The first-order valence-corrected chi connectivity index (χ1v) is 15.5. The van der Waals surface area contributed by atoms with Gasteiger partial charge in [0, 0.05) is 24.4 Å². The number of sulfonamides is 1. The van der Waals surface area contributed by atoms with Crippen molar-refractivity contribution in [1.82, 2.24) is 5.32 Å². The number of fused-ring (bicyclic) bond motifs is 3. The van der Waals surface area contributed by atoms with Crippen LogP contribution in [0.1, 0.15) is 46.5 Å². The number of rotatable bonds is 8. The maximum absolute atomic E-state index is 13.7. The number of carbonyl (C=O) groups is 3. The first kappa shape index (κ1) is 31.6. The second-order valence-electron chi connectivity index (χ2n) is 10.9. The van der Waals surface area contributed by atoms with Crippen molar-refractivity contribution < 1.29 is 42.5 Å². The Morgan fingerprint density at radius 2 is 1.73 bits per heavy atom. The predicted molar refractivity (Wildman–Crippen MR) is 165 cm³/mol. The van der Waals surface area contributed by atoms with Crippen molar-refractivity contribution in [1.29, 1.82) is 0 Å². The van der Waals surface area contributed by atoms with Crippen LogP contribution in [0.2, 0.25) is 5.02 Å². The van der Waals surface area contributed by atoms with Crippen molar-refractivity contribution in [3.63, 3.8) is 0 Å². The summed E-state index contributed by atoms with van der Waals surface area (Å²) in [4.78, 5) is 39.3. The number of amides is 1. The number of methoxy groups -OCH3 is 1. The van der Waals surface area contributed by atoms with E-state index >= 15 is 0 Å². The zero-order valence-corrected chi connectivity index (χ0v) is 26.4. The molecule has 1 atom stereocenters. The molecule has 0 aromatic heterocycles. The van der Waals surface area contributed by atoms with Gasteiger partial charge in [0.15, 0.2) is 17.3 Å². The summed E-state index contributed by atoms with van der Waals surface area (Å²) in [6, 6.07) is 10.5. The normalized spacial score (nSPS) is 17.2. The molecule has 0 radical (unpaired) electrons. The Morgan fingerprint density at radius 3 is 2.33 bits per heavy atom. The third kappa shape index (κ3) is 5.19. The standard InChI is InChI=1S/C32H29ClN2O9S/c1-15-10-18(35-45(41,42)24-9-7-6-8-20(24)33)11-16(2)19(15)14-34-31(40)27-23(43-5)12-22(38)28-29(27)44-25-13-21(37)26(17(3)36)30(39)32(25,28)4/h6-13,35,37-38H,14H2,1-5H3,(H,34,40)/t32-/m1/s1. The van der Waals surface area contributed by atoms with Crippen LogP contribution in [0.5, 0.6) is 17.2 Å². The number of hydrogen-bond acceptors (Lipinski definition) is 9. The van der Waals surface area contributed by atoms with Crippen molar-refractivity contribution in [2.75, 3.05) is 11.8 Å². The Bertz CT molecular complexity index is 1980. The fourth-order valence-electron chi connectivity index (χ4n) is 5.68. The minimum Gasteiger partial charge on any atom is -0.507 e. The molecule has 0 bridgehead atoms. The minimum atomic E-state index is -3.96. The van der Waals surface area contributed by atoms with E-state index in [2.05, 4.69) is 10.0 Å². The molecule has 0 saturated heterocycles. The molecule has 1 aliphatic carbocycles. The summed E-state index contributed by atoms with van der Waals surface area (Å²) >= 11 is 6.09. The van der Waals surface area contributed by atoms with Crippen LogP contribution >= 0.6 is 11.6 Å². The molecule has 1 heterocycles. The highest BCUT2D eigenvalue weighted by molar-refractivity contribution is 7.92.